The van der Waals surface area contributed by atoms with Crippen molar-refractivity contribution in [3.05, 3.63) is 23.5 Å². The van der Waals surface area contributed by atoms with Crippen LogP contribution in [-0.4, -0.2) is 44.3 Å². The summed E-state index contributed by atoms with van der Waals surface area (Å²) in [5, 5.41) is 35.3. The molecule has 0 amide bonds. The Balaban J connectivity index is 5.22. The van der Waals surface area contributed by atoms with E-state index >= 15 is 0 Å². The van der Waals surface area contributed by atoms with E-state index in [2.05, 4.69) is 0 Å². The molecule has 0 saturated carbocycles. The number of rotatable bonds is 6. The lowest BCUT2D eigenvalue weighted by Gasteiger charge is -2.05. The highest BCUT2D eigenvalue weighted by Crippen LogP contribution is 1.98. The molecular formula is C8H7NO8. The van der Waals surface area contributed by atoms with E-state index in [1.165, 1.54) is 0 Å². The van der Waals surface area contributed by atoms with Crippen molar-refractivity contribution in [2.24, 2.45) is 0 Å². The molecule has 0 atom stereocenters. The number of carboxylic acids is 4. The van der Waals surface area contributed by atoms with Gasteiger partial charge >= 0.3 is 23.9 Å². The van der Waals surface area contributed by atoms with Gasteiger partial charge in [0.2, 0.25) is 0 Å². The number of carbonyl (C=O) groups is 4. The number of aliphatic carboxylic acids is 4. The first-order valence-corrected chi connectivity index (χ1v) is 3.87. The van der Waals surface area contributed by atoms with Gasteiger partial charge in [0.05, 0.1) is 12.2 Å². The molecule has 92 valence electrons. The van der Waals surface area contributed by atoms with Crippen LogP contribution in [0.4, 0.5) is 0 Å². The van der Waals surface area contributed by atoms with E-state index < -0.39 is 35.3 Å². The van der Waals surface area contributed by atoms with Gasteiger partial charge in [-0.05, 0) is 0 Å². The lowest BCUT2D eigenvalue weighted by Crippen LogP contribution is -2.26. The van der Waals surface area contributed by atoms with E-state index in [9.17, 15) is 19.2 Å². The lowest BCUT2D eigenvalue weighted by atomic mass is 10.3. The highest BCUT2D eigenvalue weighted by atomic mass is 16.4. The van der Waals surface area contributed by atoms with E-state index in [0.29, 0.717) is 0 Å². The summed E-state index contributed by atoms with van der Waals surface area (Å²) in [5.41, 5.74) is -1.96. The van der Waals surface area contributed by atoms with E-state index in [-0.39, 0.29) is 12.2 Å². The van der Waals surface area contributed by atoms with Crippen LogP contribution >= 0.6 is 0 Å². The number of hydrogen-bond donors (Lipinski definition) is 5. The van der Waals surface area contributed by atoms with E-state index in [1.54, 1.807) is 5.32 Å². The molecule has 0 aromatic heterocycles. The highest BCUT2D eigenvalue weighted by molar-refractivity contribution is 5.98. The second kappa shape index (κ2) is 5.90. The van der Waals surface area contributed by atoms with Gasteiger partial charge in [0.1, 0.15) is 11.4 Å². The highest BCUT2D eigenvalue weighted by Gasteiger charge is 2.16. The largest absolute Gasteiger partial charge is 0.478 e. The first-order chi connectivity index (χ1) is 7.73. The Labute approximate surface area is 93.3 Å². The van der Waals surface area contributed by atoms with Gasteiger partial charge in [-0.25, -0.2) is 19.2 Å². The number of nitrogens with one attached hydrogen (secondary N) is 1. The van der Waals surface area contributed by atoms with Crippen molar-refractivity contribution in [1.29, 1.82) is 0 Å². The van der Waals surface area contributed by atoms with Gasteiger partial charge in [-0.1, -0.05) is 0 Å². The summed E-state index contributed by atoms with van der Waals surface area (Å²) in [6.45, 7) is 0. The Morgan fingerprint density at radius 2 is 1.00 bits per heavy atom. The molecule has 0 aliphatic rings. The molecule has 0 radical (unpaired) electrons. The predicted octanol–water partition coefficient (Wildman–Crippen LogP) is -1.32. The van der Waals surface area contributed by atoms with Crippen LogP contribution < -0.4 is 5.32 Å². The molecule has 0 aromatic carbocycles. The Kier molecular flexibility index (Phi) is 4.91. The molecule has 9 heteroatoms. The van der Waals surface area contributed by atoms with Crippen LogP contribution in [0.25, 0.3) is 0 Å². The van der Waals surface area contributed by atoms with Crippen molar-refractivity contribution in [1.82, 2.24) is 5.32 Å². The van der Waals surface area contributed by atoms with Crippen LogP contribution in [0.5, 0.6) is 0 Å². The zero-order valence-corrected chi connectivity index (χ0v) is 8.08. The molecule has 0 unspecified atom stereocenters. The zero-order valence-electron chi connectivity index (χ0n) is 8.08. The minimum absolute atomic E-state index is 0.195. The molecule has 0 rings (SSSR count). The predicted molar refractivity (Wildman–Crippen MR) is 49.8 cm³/mol. The molecule has 9 nitrogen and oxygen atoms in total. The Hall–Kier alpha value is -2.84. The minimum Gasteiger partial charge on any atom is -0.478 e. The zero-order chi connectivity index (χ0) is 13.6. The van der Waals surface area contributed by atoms with Crippen molar-refractivity contribution in [3.8, 4) is 0 Å². The fraction of sp³-hybridized carbons (Fsp3) is 0. The number of carboxylic acid groups (broad SMARTS) is 4. The first kappa shape index (κ1) is 14.2. The second-order valence-electron chi connectivity index (χ2n) is 2.53. The Morgan fingerprint density at radius 3 is 1.18 bits per heavy atom. The van der Waals surface area contributed by atoms with Crippen LogP contribution in [0.2, 0.25) is 0 Å². The maximum absolute atomic E-state index is 10.5. The summed E-state index contributed by atoms with van der Waals surface area (Å²) in [4.78, 5) is 41.5. The summed E-state index contributed by atoms with van der Waals surface area (Å²) in [7, 11) is 0. The third-order valence-corrected chi connectivity index (χ3v) is 1.27. The van der Waals surface area contributed by atoms with Gasteiger partial charge in [-0.15, -0.1) is 0 Å². The van der Waals surface area contributed by atoms with Gasteiger partial charge in [0.25, 0.3) is 0 Å². The summed E-state index contributed by atoms with van der Waals surface area (Å²) in [6, 6.07) is 0. The van der Waals surface area contributed by atoms with Gasteiger partial charge in [-0.2, -0.15) is 0 Å². The maximum Gasteiger partial charge on any atom is 0.352 e. The molecule has 0 fully saturated rings. The van der Waals surface area contributed by atoms with Crippen LogP contribution in [-0.2, 0) is 19.2 Å². The van der Waals surface area contributed by atoms with Gasteiger partial charge in [-0.3, -0.25) is 0 Å². The fourth-order valence-electron chi connectivity index (χ4n) is 0.695. The van der Waals surface area contributed by atoms with E-state index in [1.807, 2.05) is 0 Å². The maximum atomic E-state index is 10.5. The standard InChI is InChI=1S/C8H7NO8/c10-5(11)1-3(7(14)15)9-4(8(16)17)2-6(12)13/h1-2,9H,(H,10,11)(H,12,13)(H,14,15)(H,16,17)/b3-1-,4-2+. The van der Waals surface area contributed by atoms with E-state index in [0.717, 1.165) is 0 Å². The summed E-state index contributed by atoms with van der Waals surface area (Å²) in [6.07, 6.45) is 0.391. The van der Waals surface area contributed by atoms with Crippen LogP contribution in [0, 0.1) is 0 Å². The lowest BCUT2D eigenvalue weighted by molar-refractivity contribution is -0.136. The molecule has 0 aliphatic carbocycles. The summed E-state index contributed by atoms with van der Waals surface area (Å²) < 4.78 is 0. The van der Waals surface area contributed by atoms with Gasteiger partial charge in [0, 0.05) is 0 Å². The Morgan fingerprint density at radius 1 is 0.706 bits per heavy atom. The molecule has 0 bridgehead atoms. The first-order valence-electron chi connectivity index (χ1n) is 3.87. The minimum atomic E-state index is -1.75. The topological polar surface area (TPSA) is 161 Å². The van der Waals surface area contributed by atoms with E-state index in [4.69, 9.17) is 20.4 Å². The Bertz CT molecular complexity index is 393. The summed E-state index contributed by atoms with van der Waals surface area (Å²) >= 11 is 0. The van der Waals surface area contributed by atoms with Crippen molar-refractivity contribution in [3.63, 3.8) is 0 Å². The molecule has 0 aromatic rings. The average molecular weight is 245 g/mol. The quantitative estimate of drug-likeness (QED) is 0.357. The smallest absolute Gasteiger partial charge is 0.352 e. The molecule has 5 N–H and O–H groups in total. The van der Waals surface area contributed by atoms with Crippen molar-refractivity contribution < 1.29 is 39.6 Å². The summed E-state index contributed by atoms with van der Waals surface area (Å²) in [5.74, 6) is -6.75. The van der Waals surface area contributed by atoms with Gasteiger partial charge < -0.3 is 25.7 Å². The molecule has 0 saturated heterocycles. The SMILES string of the molecule is O=C(O)/C=C(\N/C(=C/C(=O)O)C(=O)O)C(=O)O. The van der Waals surface area contributed by atoms with Crippen molar-refractivity contribution in [2.45, 2.75) is 0 Å². The molecule has 0 spiro atoms. The molecule has 17 heavy (non-hydrogen) atoms. The monoisotopic (exact) mass is 245 g/mol. The van der Waals surface area contributed by atoms with Crippen LogP contribution in [0.15, 0.2) is 23.5 Å². The van der Waals surface area contributed by atoms with Crippen LogP contribution in [0.3, 0.4) is 0 Å². The van der Waals surface area contributed by atoms with Crippen molar-refractivity contribution >= 4 is 23.9 Å². The normalized spacial score (nSPS) is 11.8. The van der Waals surface area contributed by atoms with Crippen molar-refractivity contribution in [2.75, 3.05) is 0 Å². The van der Waals surface area contributed by atoms with Crippen LogP contribution in [0.1, 0.15) is 0 Å². The fourth-order valence-corrected chi connectivity index (χ4v) is 0.695. The van der Waals surface area contributed by atoms with Gasteiger partial charge in [0.15, 0.2) is 0 Å². The second-order valence-corrected chi connectivity index (χ2v) is 2.53. The molecule has 0 heterocycles. The average Bonchev–Trinajstić information content (AvgIpc) is 2.13. The third kappa shape index (κ3) is 5.57. The number of hydrogen-bond acceptors (Lipinski definition) is 5. The molecule has 0 aliphatic heterocycles. The molecular weight excluding hydrogens is 238 g/mol. The third-order valence-electron chi connectivity index (χ3n) is 1.27.